The predicted molar refractivity (Wildman–Crippen MR) is 60.1 cm³/mol. The highest BCUT2D eigenvalue weighted by molar-refractivity contribution is 14.1. The Balaban J connectivity index is 4.22. The molecule has 1 nitrogen and oxygen atoms in total. The number of nitrogens with two attached hydrogens (primary N) is 1. The molecule has 0 heterocycles. The van der Waals surface area contributed by atoms with Crippen molar-refractivity contribution in [1.29, 1.82) is 0 Å². The van der Waals surface area contributed by atoms with E-state index in [-0.39, 0.29) is 0 Å². The van der Waals surface area contributed by atoms with Gasteiger partial charge in [0.05, 0.1) is 0 Å². The molecule has 0 aliphatic carbocycles. The normalized spacial score (nSPS) is 13.7. The second-order valence-electron chi connectivity index (χ2n) is 3.65. The van der Waals surface area contributed by atoms with Crippen LogP contribution >= 0.6 is 22.6 Å². The lowest BCUT2D eigenvalue weighted by atomic mass is 9.85. The summed E-state index contributed by atoms with van der Waals surface area (Å²) in [4.78, 5) is 0. The van der Waals surface area contributed by atoms with Crippen molar-refractivity contribution in [2.45, 2.75) is 27.2 Å². The Hall–Kier alpha value is 0.430. The molecule has 0 bridgehead atoms. The first-order valence-electron chi connectivity index (χ1n) is 3.98. The molecule has 0 unspecified atom stereocenters. The summed E-state index contributed by atoms with van der Waals surface area (Å²) >= 11 is 2.40. The molecular weight excluding hydrogens is 249 g/mol. The minimum absolute atomic E-state index is 0.296. The third kappa shape index (κ3) is 4.80. The summed E-state index contributed by atoms with van der Waals surface area (Å²) in [6.45, 7) is 7.38. The smallest absolute Gasteiger partial charge is 0.0109 e. The molecule has 0 aromatic rings. The molecule has 0 atom stereocenters. The van der Waals surface area contributed by atoms with Crippen molar-refractivity contribution in [3.05, 3.63) is 11.6 Å². The first-order chi connectivity index (χ1) is 5.02. The molecule has 0 aromatic carbocycles. The number of halogens is 1. The van der Waals surface area contributed by atoms with E-state index in [4.69, 9.17) is 5.73 Å². The van der Waals surface area contributed by atoms with E-state index in [0.29, 0.717) is 12.0 Å². The van der Waals surface area contributed by atoms with Crippen molar-refractivity contribution >= 4 is 22.6 Å². The molecule has 0 amide bonds. The molecule has 0 saturated heterocycles. The third-order valence-corrected chi connectivity index (χ3v) is 2.23. The maximum atomic E-state index is 5.48. The number of hydrogen-bond acceptors (Lipinski definition) is 1. The zero-order valence-electron chi connectivity index (χ0n) is 7.65. The van der Waals surface area contributed by atoms with Gasteiger partial charge in [-0.1, -0.05) is 55.0 Å². The van der Waals surface area contributed by atoms with E-state index in [1.54, 1.807) is 0 Å². The Labute approximate surface area is 83.6 Å². The summed E-state index contributed by atoms with van der Waals surface area (Å²) in [5, 5.41) is 0. The first-order valence-corrected chi connectivity index (χ1v) is 5.50. The van der Waals surface area contributed by atoms with Crippen LogP contribution in [-0.2, 0) is 0 Å². The Kier molecular flexibility index (Phi) is 5.34. The highest BCUT2D eigenvalue weighted by Gasteiger charge is 2.14. The predicted octanol–water partition coefficient (Wildman–Crippen LogP) is 2.74. The van der Waals surface area contributed by atoms with E-state index in [2.05, 4.69) is 49.4 Å². The van der Waals surface area contributed by atoms with Gasteiger partial charge in [0.25, 0.3) is 0 Å². The minimum Gasteiger partial charge on any atom is -0.327 e. The lowest BCUT2D eigenvalue weighted by molar-refractivity contribution is 0.488. The Bertz CT molecular complexity index is 133. The van der Waals surface area contributed by atoms with Crippen LogP contribution in [0.1, 0.15) is 27.2 Å². The van der Waals surface area contributed by atoms with Gasteiger partial charge in [-0.15, -0.1) is 0 Å². The van der Waals surface area contributed by atoms with Crippen LogP contribution in [0.3, 0.4) is 0 Å². The van der Waals surface area contributed by atoms with Crippen LogP contribution < -0.4 is 5.73 Å². The molecule has 0 rings (SSSR count). The van der Waals surface area contributed by atoms with E-state index in [1.165, 1.54) is 16.4 Å². The zero-order valence-corrected chi connectivity index (χ0v) is 9.81. The van der Waals surface area contributed by atoms with Crippen molar-refractivity contribution in [2.75, 3.05) is 11.0 Å². The molecule has 0 radical (unpaired) electrons. The van der Waals surface area contributed by atoms with Crippen LogP contribution in [0.5, 0.6) is 0 Å². The summed E-state index contributed by atoms with van der Waals surface area (Å²) in [6.07, 6.45) is 3.32. The number of allylic oxidation sites excluding steroid dienone is 1. The largest absolute Gasteiger partial charge is 0.327 e. The van der Waals surface area contributed by atoms with Crippen molar-refractivity contribution < 1.29 is 0 Å². The van der Waals surface area contributed by atoms with Crippen LogP contribution in [0, 0.1) is 5.41 Å². The van der Waals surface area contributed by atoms with E-state index < -0.39 is 0 Å². The Morgan fingerprint density at radius 1 is 1.45 bits per heavy atom. The van der Waals surface area contributed by atoms with Gasteiger partial charge in [-0.25, -0.2) is 0 Å². The van der Waals surface area contributed by atoms with Gasteiger partial charge in [0, 0.05) is 11.0 Å². The number of rotatable bonds is 3. The SMILES string of the molecule is CC(C)(C)/C(=C/CN)CCI. The molecule has 2 N–H and O–H groups in total. The van der Waals surface area contributed by atoms with Crippen molar-refractivity contribution in [2.24, 2.45) is 11.1 Å². The van der Waals surface area contributed by atoms with Gasteiger partial charge in [-0.05, 0) is 11.8 Å². The van der Waals surface area contributed by atoms with Gasteiger partial charge in [-0.2, -0.15) is 0 Å². The summed E-state index contributed by atoms with van der Waals surface area (Å²) in [7, 11) is 0. The van der Waals surface area contributed by atoms with Crippen LogP contribution in [-0.4, -0.2) is 11.0 Å². The average molecular weight is 267 g/mol. The highest BCUT2D eigenvalue weighted by atomic mass is 127. The van der Waals surface area contributed by atoms with Gasteiger partial charge in [0.15, 0.2) is 0 Å². The van der Waals surface area contributed by atoms with Crippen LogP contribution in [0.2, 0.25) is 0 Å². The molecule has 11 heavy (non-hydrogen) atoms. The van der Waals surface area contributed by atoms with Crippen molar-refractivity contribution in [3.8, 4) is 0 Å². The molecule has 2 heteroatoms. The van der Waals surface area contributed by atoms with Gasteiger partial charge in [0.2, 0.25) is 0 Å². The maximum Gasteiger partial charge on any atom is 0.0109 e. The molecule has 0 fully saturated rings. The lowest BCUT2D eigenvalue weighted by Crippen LogP contribution is -2.12. The first kappa shape index (κ1) is 11.4. The highest BCUT2D eigenvalue weighted by Crippen LogP contribution is 2.27. The fourth-order valence-electron chi connectivity index (χ4n) is 1.03. The van der Waals surface area contributed by atoms with Gasteiger partial charge >= 0.3 is 0 Å². The van der Waals surface area contributed by atoms with E-state index in [0.717, 1.165) is 0 Å². The van der Waals surface area contributed by atoms with Crippen LogP contribution in [0.4, 0.5) is 0 Å². The van der Waals surface area contributed by atoms with Gasteiger partial charge < -0.3 is 5.73 Å². The molecule has 0 aliphatic heterocycles. The van der Waals surface area contributed by atoms with Crippen LogP contribution in [0.15, 0.2) is 11.6 Å². The molecular formula is C9H18IN. The van der Waals surface area contributed by atoms with Gasteiger partial charge in [0.1, 0.15) is 0 Å². The molecule has 0 aliphatic rings. The number of hydrogen-bond donors (Lipinski definition) is 1. The van der Waals surface area contributed by atoms with Crippen molar-refractivity contribution in [1.82, 2.24) is 0 Å². The molecule has 0 spiro atoms. The summed E-state index contributed by atoms with van der Waals surface area (Å²) in [6, 6.07) is 0. The minimum atomic E-state index is 0.296. The lowest BCUT2D eigenvalue weighted by Gasteiger charge is -2.22. The second-order valence-corrected chi connectivity index (χ2v) is 4.73. The topological polar surface area (TPSA) is 26.0 Å². The Morgan fingerprint density at radius 2 is 2.00 bits per heavy atom. The molecule has 66 valence electrons. The van der Waals surface area contributed by atoms with Gasteiger partial charge in [-0.3, -0.25) is 0 Å². The Morgan fingerprint density at radius 3 is 2.27 bits per heavy atom. The standard InChI is InChI=1S/C9H18IN/c1-9(2,3)8(4-6-10)5-7-11/h5H,4,6-7,11H2,1-3H3/b8-5+. The number of alkyl halides is 1. The quantitative estimate of drug-likeness (QED) is 0.475. The third-order valence-electron chi connectivity index (χ3n) is 1.69. The monoisotopic (exact) mass is 267 g/mol. The van der Waals surface area contributed by atoms with E-state index in [1.807, 2.05) is 0 Å². The van der Waals surface area contributed by atoms with Crippen molar-refractivity contribution in [3.63, 3.8) is 0 Å². The van der Waals surface area contributed by atoms with E-state index in [9.17, 15) is 0 Å². The summed E-state index contributed by atoms with van der Waals surface area (Å²) < 4.78 is 1.18. The second kappa shape index (κ2) is 5.14. The fraction of sp³-hybridized carbons (Fsp3) is 0.778. The summed E-state index contributed by atoms with van der Waals surface area (Å²) in [5.41, 5.74) is 7.25. The fourth-order valence-corrected chi connectivity index (χ4v) is 1.61. The zero-order chi connectivity index (χ0) is 8.91. The molecule has 0 aromatic heterocycles. The summed E-state index contributed by atoms with van der Waals surface area (Å²) in [5.74, 6) is 0. The maximum absolute atomic E-state index is 5.48. The van der Waals surface area contributed by atoms with Crippen LogP contribution in [0.25, 0.3) is 0 Å². The van der Waals surface area contributed by atoms with E-state index >= 15 is 0 Å². The average Bonchev–Trinajstić information content (AvgIpc) is 1.85. The molecule has 0 saturated carbocycles.